The largest absolute Gasteiger partial charge is 0.403 e. The Morgan fingerprint density at radius 1 is 1.25 bits per heavy atom. The van der Waals surface area contributed by atoms with E-state index in [2.05, 4.69) is 38.1 Å². The summed E-state index contributed by atoms with van der Waals surface area (Å²) in [6.45, 7) is 0. The minimum atomic E-state index is -0.268. The van der Waals surface area contributed by atoms with Crippen LogP contribution in [0.25, 0.3) is 11.5 Å². The fourth-order valence-electron chi connectivity index (χ4n) is 1.59. The maximum absolute atomic E-state index is 12.1. The average Bonchev–Trinajstić information content (AvgIpc) is 3.09. The highest BCUT2D eigenvalue weighted by Crippen LogP contribution is 2.22. The topological polar surface area (TPSA) is 68.0 Å². The summed E-state index contributed by atoms with van der Waals surface area (Å²) < 4.78 is 6.27. The summed E-state index contributed by atoms with van der Waals surface area (Å²) in [4.78, 5) is 12.1. The second-order valence-corrected chi connectivity index (χ2v) is 5.80. The van der Waals surface area contributed by atoms with Gasteiger partial charge >= 0.3 is 6.01 Å². The normalized spacial score (nSPS) is 10.4. The van der Waals surface area contributed by atoms with E-state index in [9.17, 15) is 4.79 Å². The van der Waals surface area contributed by atoms with Crippen molar-refractivity contribution in [2.45, 2.75) is 0 Å². The lowest BCUT2D eigenvalue weighted by atomic mass is 10.2. The Bertz CT molecular complexity index is 740. The molecule has 0 unspecified atom stereocenters. The third-order valence-electron chi connectivity index (χ3n) is 2.53. The van der Waals surface area contributed by atoms with Gasteiger partial charge in [0.25, 0.3) is 11.8 Å². The molecule has 0 radical (unpaired) electrons. The van der Waals surface area contributed by atoms with Crippen LogP contribution in [0, 0.1) is 3.57 Å². The van der Waals surface area contributed by atoms with Crippen molar-refractivity contribution < 1.29 is 9.21 Å². The van der Waals surface area contributed by atoms with Gasteiger partial charge in [-0.25, -0.2) is 0 Å². The summed E-state index contributed by atoms with van der Waals surface area (Å²) in [5.74, 6) is 0.125. The first-order valence-electron chi connectivity index (χ1n) is 5.66. The van der Waals surface area contributed by atoms with Crippen LogP contribution in [-0.2, 0) is 0 Å². The van der Waals surface area contributed by atoms with Crippen molar-refractivity contribution in [1.29, 1.82) is 0 Å². The molecule has 3 rings (SSSR count). The summed E-state index contributed by atoms with van der Waals surface area (Å²) in [5, 5.41) is 14.1. The van der Waals surface area contributed by atoms with Crippen molar-refractivity contribution in [1.82, 2.24) is 10.2 Å². The lowest BCUT2D eigenvalue weighted by Gasteiger charge is -2.02. The summed E-state index contributed by atoms with van der Waals surface area (Å²) in [5.41, 5.74) is 1.42. The van der Waals surface area contributed by atoms with Gasteiger partial charge in [0, 0.05) is 14.5 Å². The number of amides is 1. The first kappa shape index (κ1) is 13.3. The van der Waals surface area contributed by atoms with Gasteiger partial charge in [0.1, 0.15) is 0 Å². The molecule has 0 aliphatic carbocycles. The van der Waals surface area contributed by atoms with Gasteiger partial charge in [-0.15, -0.1) is 5.10 Å². The Kier molecular flexibility index (Phi) is 3.79. The van der Waals surface area contributed by atoms with E-state index >= 15 is 0 Å². The minimum Gasteiger partial charge on any atom is -0.403 e. The zero-order valence-electron chi connectivity index (χ0n) is 10.0. The fraction of sp³-hybridized carbons (Fsp3) is 0. The molecular weight excluding hydrogens is 389 g/mol. The number of rotatable bonds is 3. The van der Waals surface area contributed by atoms with E-state index in [1.807, 2.05) is 35.0 Å². The molecule has 0 fully saturated rings. The smallest absolute Gasteiger partial charge is 0.322 e. The van der Waals surface area contributed by atoms with Gasteiger partial charge in [0.15, 0.2) is 0 Å². The van der Waals surface area contributed by atoms with Crippen molar-refractivity contribution in [3.63, 3.8) is 0 Å². The Hall–Kier alpha value is -1.74. The van der Waals surface area contributed by atoms with Crippen molar-refractivity contribution in [3.05, 3.63) is 50.2 Å². The summed E-state index contributed by atoms with van der Waals surface area (Å²) in [7, 11) is 0. The van der Waals surface area contributed by atoms with Crippen LogP contribution < -0.4 is 5.32 Å². The van der Waals surface area contributed by atoms with Crippen LogP contribution >= 0.6 is 33.9 Å². The quantitative estimate of drug-likeness (QED) is 0.686. The molecule has 1 aromatic carbocycles. The summed E-state index contributed by atoms with van der Waals surface area (Å²) in [6, 6.07) is 9.26. The Balaban J connectivity index is 1.79. The van der Waals surface area contributed by atoms with E-state index in [0.29, 0.717) is 11.5 Å². The summed E-state index contributed by atoms with van der Waals surface area (Å²) in [6.07, 6.45) is 0. The predicted molar refractivity (Wildman–Crippen MR) is 84.7 cm³/mol. The van der Waals surface area contributed by atoms with Gasteiger partial charge in [0.05, 0.1) is 5.56 Å². The molecule has 20 heavy (non-hydrogen) atoms. The number of hydrogen-bond acceptors (Lipinski definition) is 5. The maximum atomic E-state index is 12.1. The molecule has 7 heteroatoms. The molecule has 100 valence electrons. The van der Waals surface area contributed by atoms with Crippen LogP contribution in [-0.4, -0.2) is 16.1 Å². The molecular formula is C13H8IN3O2S. The van der Waals surface area contributed by atoms with E-state index in [1.165, 1.54) is 0 Å². The number of thiophene rings is 1. The number of benzene rings is 1. The lowest BCUT2D eigenvalue weighted by Crippen LogP contribution is -2.13. The number of hydrogen-bond donors (Lipinski definition) is 1. The van der Waals surface area contributed by atoms with Crippen LogP contribution in [0.5, 0.6) is 0 Å². The molecule has 1 N–H and O–H groups in total. The van der Waals surface area contributed by atoms with Crippen molar-refractivity contribution in [3.8, 4) is 11.5 Å². The molecule has 2 heterocycles. The van der Waals surface area contributed by atoms with Crippen molar-refractivity contribution >= 4 is 45.8 Å². The average molecular weight is 397 g/mol. The zero-order valence-corrected chi connectivity index (χ0v) is 13.0. The Morgan fingerprint density at radius 3 is 2.85 bits per heavy atom. The number of carbonyl (C=O) groups excluding carboxylic acids is 1. The van der Waals surface area contributed by atoms with Crippen molar-refractivity contribution in [2.24, 2.45) is 0 Å². The number of nitrogens with one attached hydrogen (secondary N) is 1. The first-order chi connectivity index (χ1) is 9.74. The van der Waals surface area contributed by atoms with E-state index < -0.39 is 0 Å². The van der Waals surface area contributed by atoms with E-state index in [4.69, 9.17) is 4.42 Å². The number of nitrogens with zero attached hydrogens (tertiary/aromatic N) is 2. The lowest BCUT2D eigenvalue weighted by molar-refractivity contribution is 0.102. The Morgan fingerprint density at radius 2 is 2.10 bits per heavy atom. The van der Waals surface area contributed by atoms with Gasteiger partial charge in [-0.3, -0.25) is 10.1 Å². The maximum Gasteiger partial charge on any atom is 0.322 e. The number of halogens is 1. The van der Waals surface area contributed by atoms with Crippen LogP contribution in [0.4, 0.5) is 6.01 Å². The molecule has 0 bridgehead atoms. The second-order valence-electron chi connectivity index (χ2n) is 3.86. The molecule has 5 nitrogen and oxygen atoms in total. The highest BCUT2D eigenvalue weighted by atomic mass is 127. The molecule has 0 saturated heterocycles. The van der Waals surface area contributed by atoms with E-state index in [-0.39, 0.29) is 11.9 Å². The standard InChI is InChI=1S/C13H8IN3O2S/c14-10-4-2-1-3-9(10)11(18)15-13-17-16-12(19-13)8-5-6-20-7-8/h1-7H,(H,15,17,18). The Labute approximate surface area is 132 Å². The molecule has 0 aliphatic heterocycles. The zero-order chi connectivity index (χ0) is 13.9. The molecule has 3 aromatic rings. The van der Waals surface area contributed by atoms with Crippen molar-refractivity contribution in [2.75, 3.05) is 5.32 Å². The molecule has 0 saturated carbocycles. The minimum absolute atomic E-state index is 0.0934. The number of carbonyl (C=O) groups is 1. The van der Waals surface area contributed by atoms with Crippen LogP contribution in [0.15, 0.2) is 45.5 Å². The second kappa shape index (κ2) is 5.71. The number of anilines is 1. The van der Waals surface area contributed by atoms with Crippen LogP contribution in [0.3, 0.4) is 0 Å². The highest BCUT2D eigenvalue weighted by Gasteiger charge is 2.14. The molecule has 2 aromatic heterocycles. The van der Waals surface area contributed by atoms with Gasteiger partial charge in [0.2, 0.25) is 0 Å². The van der Waals surface area contributed by atoms with Crippen LogP contribution in [0.1, 0.15) is 10.4 Å². The van der Waals surface area contributed by atoms with Gasteiger partial charge < -0.3 is 4.42 Å². The molecule has 1 amide bonds. The monoisotopic (exact) mass is 397 g/mol. The first-order valence-corrected chi connectivity index (χ1v) is 7.68. The molecule has 0 aliphatic rings. The molecule has 0 atom stereocenters. The van der Waals surface area contributed by atoms with Crippen LogP contribution in [0.2, 0.25) is 0 Å². The van der Waals surface area contributed by atoms with E-state index in [0.717, 1.165) is 9.13 Å². The van der Waals surface area contributed by atoms with Gasteiger partial charge in [-0.2, -0.15) is 11.3 Å². The third kappa shape index (κ3) is 2.73. The summed E-state index contributed by atoms with van der Waals surface area (Å²) >= 11 is 3.65. The van der Waals surface area contributed by atoms with Gasteiger partial charge in [-0.1, -0.05) is 17.2 Å². The van der Waals surface area contributed by atoms with E-state index in [1.54, 1.807) is 17.4 Å². The number of aromatic nitrogens is 2. The predicted octanol–water partition coefficient (Wildman–Crippen LogP) is 3.66. The molecule has 0 spiro atoms. The SMILES string of the molecule is O=C(Nc1nnc(-c2ccsc2)o1)c1ccccc1I. The fourth-order valence-corrected chi connectivity index (χ4v) is 2.85. The highest BCUT2D eigenvalue weighted by molar-refractivity contribution is 14.1. The van der Waals surface area contributed by atoms with Gasteiger partial charge in [-0.05, 0) is 46.2 Å². The third-order valence-corrected chi connectivity index (χ3v) is 4.16.